The zero-order chi connectivity index (χ0) is 11.1. The normalized spacial score (nSPS) is 24.4. The maximum atomic E-state index is 11.6. The maximum absolute atomic E-state index is 11.6. The van der Waals surface area contributed by atoms with E-state index < -0.39 is 0 Å². The van der Waals surface area contributed by atoms with Crippen molar-refractivity contribution < 1.29 is 4.79 Å². The van der Waals surface area contributed by atoms with E-state index in [-0.39, 0.29) is 11.3 Å². The lowest BCUT2D eigenvalue weighted by molar-refractivity contribution is -0.136. The summed E-state index contributed by atoms with van der Waals surface area (Å²) >= 11 is 1.82. The number of carbonyl (C=O) groups is 1. The topological polar surface area (TPSA) is 74.8 Å². The van der Waals surface area contributed by atoms with Crippen molar-refractivity contribution in [3.63, 3.8) is 0 Å². The van der Waals surface area contributed by atoms with Crippen molar-refractivity contribution in [2.45, 2.75) is 25.1 Å². The number of fused-ring (bicyclic) bond motifs is 1. The summed E-state index contributed by atoms with van der Waals surface area (Å²) in [5.41, 5.74) is 2.13. The van der Waals surface area contributed by atoms with Gasteiger partial charge in [-0.15, -0.1) is 16.9 Å². The van der Waals surface area contributed by atoms with Gasteiger partial charge in [0.2, 0.25) is 5.91 Å². The van der Waals surface area contributed by atoms with Crippen LogP contribution in [0.5, 0.6) is 0 Å². The van der Waals surface area contributed by atoms with E-state index in [1.54, 1.807) is 0 Å². The Hall–Kier alpha value is -1.37. The van der Waals surface area contributed by atoms with E-state index in [1.807, 2.05) is 16.7 Å². The number of nitrogens with zero attached hydrogens (tertiary/aromatic N) is 4. The molecule has 1 amide bonds. The van der Waals surface area contributed by atoms with Crippen molar-refractivity contribution >= 4 is 23.4 Å². The Morgan fingerprint density at radius 1 is 1.62 bits per heavy atom. The minimum Gasteiger partial charge on any atom is -0.296 e. The molecule has 1 atom stereocenters. The molecule has 1 N–H and O–H groups in total. The number of tetrazole rings is 1. The van der Waals surface area contributed by atoms with Crippen LogP contribution >= 0.6 is 11.8 Å². The minimum absolute atomic E-state index is 0.162. The summed E-state index contributed by atoms with van der Waals surface area (Å²) < 4.78 is 0. The number of aromatic amines is 1. The van der Waals surface area contributed by atoms with Crippen LogP contribution in [0.25, 0.3) is 5.70 Å². The summed E-state index contributed by atoms with van der Waals surface area (Å²) in [6, 6.07) is 0. The number of rotatable bonds is 2. The number of β-lactam (4-membered cyclic amide) rings is 1. The number of hydrogen-bond donors (Lipinski definition) is 1. The molecule has 0 aliphatic carbocycles. The van der Waals surface area contributed by atoms with Crippen LogP contribution in [0.3, 0.4) is 0 Å². The number of nitrogens with one attached hydrogen (secondary N) is 1. The average Bonchev–Trinajstić information content (AvgIpc) is 2.80. The smallest absolute Gasteiger partial charge is 0.231 e. The van der Waals surface area contributed by atoms with Crippen LogP contribution < -0.4 is 0 Å². The fourth-order valence-electron chi connectivity index (χ4n) is 2.04. The van der Waals surface area contributed by atoms with Crippen molar-refractivity contribution in [3.8, 4) is 0 Å². The molecule has 7 heteroatoms. The Labute approximate surface area is 96.5 Å². The molecule has 0 spiro atoms. The van der Waals surface area contributed by atoms with E-state index in [4.69, 9.17) is 0 Å². The van der Waals surface area contributed by atoms with Gasteiger partial charge in [0.1, 0.15) is 0 Å². The summed E-state index contributed by atoms with van der Waals surface area (Å²) in [4.78, 5) is 13.4. The molecular formula is C9H11N5OS. The molecule has 0 aromatic carbocycles. The molecule has 3 heterocycles. The third kappa shape index (κ3) is 1.27. The SMILES string of the molecule is CCC1=C(c2nnn[nH]2)N2C(=O)C[C@H]2SC1. The number of amides is 1. The van der Waals surface area contributed by atoms with Crippen molar-refractivity contribution in [1.29, 1.82) is 0 Å². The molecule has 0 unspecified atom stereocenters. The fraction of sp³-hybridized carbons (Fsp3) is 0.556. The molecule has 3 rings (SSSR count). The molecule has 16 heavy (non-hydrogen) atoms. The van der Waals surface area contributed by atoms with Crippen LogP contribution in [0.15, 0.2) is 5.57 Å². The molecule has 1 fully saturated rings. The van der Waals surface area contributed by atoms with Gasteiger partial charge in [-0.05, 0) is 22.4 Å². The number of thioether (sulfide) groups is 1. The average molecular weight is 237 g/mol. The number of carbonyl (C=O) groups excluding carboxylic acids is 1. The van der Waals surface area contributed by atoms with Crippen molar-refractivity contribution in [1.82, 2.24) is 25.5 Å². The molecule has 1 aromatic heterocycles. The van der Waals surface area contributed by atoms with E-state index in [1.165, 1.54) is 5.57 Å². The van der Waals surface area contributed by atoms with Gasteiger partial charge in [0.05, 0.1) is 17.5 Å². The highest BCUT2D eigenvalue weighted by molar-refractivity contribution is 8.00. The van der Waals surface area contributed by atoms with Crippen LogP contribution in [0.2, 0.25) is 0 Å². The molecule has 84 valence electrons. The van der Waals surface area contributed by atoms with Gasteiger partial charge in [-0.3, -0.25) is 9.69 Å². The summed E-state index contributed by atoms with van der Waals surface area (Å²) in [5, 5.41) is 14.1. The lowest BCUT2D eigenvalue weighted by Crippen LogP contribution is -2.51. The van der Waals surface area contributed by atoms with E-state index in [2.05, 4.69) is 27.5 Å². The summed E-state index contributed by atoms with van der Waals surface area (Å²) in [5.74, 6) is 1.73. The molecule has 2 aliphatic rings. The fourth-order valence-corrected chi connectivity index (χ4v) is 3.40. The highest BCUT2D eigenvalue weighted by atomic mass is 32.2. The Morgan fingerprint density at radius 2 is 2.50 bits per heavy atom. The molecule has 0 saturated carbocycles. The van der Waals surface area contributed by atoms with Gasteiger partial charge >= 0.3 is 0 Å². The zero-order valence-corrected chi connectivity index (χ0v) is 9.62. The maximum Gasteiger partial charge on any atom is 0.231 e. The molecule has 1 aromatic rings. The lowest BCUT2D eigenvalue weighted by atomic mass is 10.1. The first-order valence-electron chi connectivity index (χ1n) is 5.21. The van der Waals surface area contributed by atoms with Crippen LogP contribution in [-0.2, 0) is 4.79 Å². The third-order valence-corrected chi connectivity index (χ3v) is 4.21. The lowest BCUT2D eigenvalue weighted by Gasteiger charge is -2.44. The molecule has 6 nitrogen and oxygen atoms in total. The number of aromatic nitrogens is 4. The minimum atomic E-state index is 0.162. The van der Waals surface area contributed by atoms with Crippen LogP contribution in [0.1, 0.15) is 25.6 Å². The van der Waals surface area contributed by atoms with Gasteiger partial charge in [0.15, 0.2) is 5.82 Å². The highest BCUT2D eigenvalue weighted by Crippen LogP contribution is 2.43. The van der Waals surface area contributed by atoms with Gasteiger partial charge < -0.3 is 0 Å². The van der Waals surface area contributed by atoms with Crippen LogP contribution in [0, 0.1) is 0 Å². The second kappa shape index (κ2) is 3.58. The number of hydrogen-bond acceptors (Lipinski definition) is 5. The van der Waals surface area contributed by atoms with Crippen LogP contribution in [0.4, 0.5) is 0 Å². The Bertz CT molecular complexity index is 454. The van der Waals surface area contributed by atoms with Gasteiger partial charge in [0, 0.05) is 5.75 Å². The van der Waals surface area contributed by atoms with Gasteiger partial charge in [-0.2, -0.15) is 0 Å². The molecule has 1 saturated heterocycles. The monoisotopic (exact) mass is 237 g/mol. The third-order valence-electron chi connectivity index (χ3n) is 2.93. The standard InChI is InChI=1S/C9H11N5OS/c1-2-5-4-16-7-3-6(15)14(7)8(5)9-10-12-13-11-9/h7H,2-4H2,1H3,(H,10,11,12,13)/t7-/m1/s1. The predicted molar refractivity (Wildman–Crippen MR) is 59.1 cm³/mol. The van der Waals surface area contributed by atoms with Gasteiger partial charge in [0.25, 0.3) is 0 Å². The molecule has 2 aliphatic heterocycles. The van der Waals surface area contributed by atoms with Gasteiger partial charge in [-0.1, -0.05) is 6.92 Å². The first kappa shape index (κ1) is 9.83. The molecule has 0 bridgehead atoms. The second-order valence-corrected chi connectivity index (χ2v) is 4.96. The quantitative estimate of drug-likeness (QED) is 0.763. The first-order chi connectivity index (χ1) is 7.81. The predicted octanol–water partition coefficient (Wildman–Crippen LogP) is 0.626. The van der Waals surface area contributed by atoms with Crippen molar-refractivity contribution in [2.75, 3.05) is 5.75 Å². The van der Waals surface area contributed by atoms with E-state index in [0.29, 0.717) is 12.2 Å². The summed E-state index contributed by atoms with van der Waals surface area (Å²) in [6.45, 7) is 2.09. The van der Waals surface area contributed by atoms with E-state index >= 15 is 0 Å². The molecular weight excluding hydrogens is 226 g/mol. The Balaban J connectivity index is 2.07. The summed E-state index contributed by atoms with van der Waals surface area (Å²) in [6.07, 6.45) is 1.55. The largest absolute Gasteiger partial charge is 0.296 e. The Kier molecular flexibility index (Phi) is 2.20. The van der Waals surface area contributed by atoms with Crippen molar-refractivity contribution in [2.24, 2.45) is 0 Å². The Morgan fingerprint density at radius 3 is 3.12 bits per heavy atom. The van der Waals surface area contributed by atoms with E-state index in [9.17, 15) is 4.79 Å². The van der Waals surface area contributed by atoms with E-state index in [0.717, 1.165) is 17.9 Å². The first-order valence-corrected chi connectivity index (χ1v) is 6.26. The van der Waals surface area contributed by atoms with Gasteiger partial charge in [-0.25, -0.2) is 5.10 Å². The zero-order valence-electron chi connectivity index (χ0n) is 8.80. The van der Waals surface area contributed by atoms with Crippen molar-refractivity contribution in [3.05, 3.63) is 11.4 Å². The second-order valence-electron chi connectivity index (χ2n) is 3.79. The highest BCUT2D eigenvalue weighted by Gasteiger charge is 2.43. The summed E-state index contributed by atoms with van der Waals surface area (Å²) in [7, 11) is 0. The molecule has 0 radical (unpaired) electrons. The van der Waals surface area contributed by atoms with Crippen LogP contribution in [-0.4, -0.2) is 42.6 Å². The number of H-pyrrole nitrogens is 1.